The Morgan fingerprint density at radius 1 is 0.952 bits per heavy atom. The van der Waals surface area contributed by atoms with Crippen LogP contribution in [0.5, 0.6) is 0 Å². The Kier molecular flexibility index (Phi) is 4.49. The predicted molar refractivity (Wildman–Crippen MR) is 81.1 cm³/mol. The van der Waals surface area contributed by atoms with E-state index in [9.17, 15) is 0 Å². The van der Waals surface area contributed by atoms with Crippen LogP contribution >= 0.6 is 0 Å². The summed E-state index contributed by atoms with van der Waals surface area (Å²) >= 11 is 0. The Morgan fingerprint density at radius 2 is 1.67 bits per heavy atom. The lowest BCUT2D eigenvalue weighted by atomic mass is 9.96. The molecule has 0 bridgehead atoms. The molecule has 1 saturated heterocycles. The van der Waals surface area contributed by atoms with Crippen molar-refractivity contribution >= 4 is 11.9 Å². The highest BCUT2D eigenvalue weighted by molar-refractivity contribution is 5.40. The van der Waals surface area contributed by atoms with Gasteiger partial charge in [-0.15, -0.1) is 0 Å². The van der Waals surface area contributed by atoms with Crippen molar-refractivity contribution in [3.05, 3.63) is 5.82 Å². The van der Waals surface area contributed by atoms with E-state index in [-0.39, 0.29) is 5.82 Å². The van der Waals surface area contributed by atoms with E-state index in [0.29, 0.717) is 17.9 Å². The highest BCUT2D eigenvalue weighted by atomic mass is 15.3. The molecule has 6 nitrogen and oxygen atoms in total. The first-order valence-corrected chi connectivity index (χ1v) is 8.03. The number of aromatic nitrogens is 3. The summed E-state index contributed by atoms with van der Waals surface area (Å²) < 4.78 is 0. The molecule has 3 rings (SSSR count). The maximum Gasteiger partial charge on any atom is 0.238 e. The minimum Gasteiger partial charge on any atom is -0.351 e. The monoisotopic (exact) mass is 286 g/mol. The Bertz CT molecular complexity index is 511. The number of anilines is 2. The third-order valence-corrected chi connectivity index (χ3v) is 4.30. The summed E-state index contributed by atoms with van der Waals surface area (Å²) in [6.45, 7) is 1.94. The highest BCUT2D eigenvalue weighted by Gasteiger charge is 2.18. The first kappa shape index (κ1) is 14.1. The molecule has 1 aliphatic carbocycles. The smallest absolute Gasteiger partial charge is 0.238 e. The van der Waals surface area contributed by atoms with Crippen LogP contribution in [0.3, 0.4) is 0 Å². The fraction of sp³-hybridized carbons (Fsp3) is 0.733. The molecule has 1 saturated carbocycles. The second kappa shape index (κ2) is 6.70. The van der Waals surface area contributed by atoms with E-state index in [4.69, 9.17) is 5.26 Å². The zero-order valence-electron chi connectivity index (χ0n) is 12.4. The van der Waals surface area contributed by atoms with Gasteiger partial charge in [0.2, 0.25) is 17.7 Å². The van der Waals surface area contributed by atoms with E-state index in [1.165, 1.54) is 38.5 Å². The molecule has 0 aromatic carbocycles. The van der Waals surface area contributed by atoms with Crippen molar-refractivity contribution in [3.63, 3.8) is 0 Å². The lowest BCUT2D eigenvalue weighted by molar-refractivity contribution is 0.460. The van der Waals surface area contributed by atoms with Gasteiger partial charge in [0.1, 0.15) is 6.07 Å². The van der Waals surface area contributed by atoms with E-state index < -0.39 is 0 Å². The van der Waals surface area contributed by atoms with Gasteiger partial charge in [0, 0.05) is 19.1 Å². The van der Waals surface area contributed by atoms with Gasteiger partial charge in [0.25, 0.3) is 0 Å². The molecule has 0 amide bonds. The van der Waals surface area contributed by atoms with Gasteiger partial charge in [0.15, 0.2) is 0 Å². The van der Waals surface area contributed by atoms with E-state index in [1.54, 1.807) is 0 Å². The van der Waals surface area contributed by atoms with Gasteiger partial charge in [-0.2, -0.15) is 20.2 Å². The normalized spacial score (nSPS) is 20.0. The van der Waals surface area contributed by atoms with Crippen LogP contribution < -0.4 is 10.2 Å². The number of piperidine rings is 1. The zero-order valence-corrected chi connectivity index (χ0v) is 12.4. The SMILES string of the molecule is N#Cc1nc(NC2CCCCC2)nc(N2CCCCC2)n1. The van der Waals surface area contributed by atoms with E-state index in [1.807, 2.05) is 0 Å². The Labute approximate surface area is 125 Å². The van der Waals surface area contributed by atoms with Crippen LogP contribution in [-0.4, -0.2) is 34.1 Å². The molecule has 1 N–H and O–H groups in total. The van der Waals surface area contributed by atoms with Crippen molar-refractivity contribution in [2.75, 3.05) is 23.3 Å². The van der Waals surface area contributed by atoms with Crippen molar-refractivity contribution in [2.24, 2.45) is 0 Å². The second-order valence-corrected chi connectivity index (χ2v) is 5.92. The molecule has 6 heteroatoms. The average Bonchev–Trinajstić information content (AvgIpc) is 2.56. The summed E-state index contributed by atoms with van der Waals surface area (Å²) in [7, 11) is 0. The molecule has 1 aromatic heterocycles. The van der Waals surface area contributed by atoms with E-state index in [2.05, 4.69) is 31.2 Å². The summed E-state index contributed by atoms with van der Waals surface area (Å²) in [5.41, 5.74) is 0. The molecule has 0 atom stereocenters. The molecule has 2 heterocycles. The van der Waals surface area contributed by atoms with Crippen LogP contribution in [0.25, 0.3) is 0 Å². The van der Waals surface area contributed by atoms with Crippen molar-refractivity contribution in [3.8, 4) is 6.07 Å². The molecule has 112 valence electrons. The van der Waals surface area contributed by atoms with Gasteiger partial charge in [-0.3, -0.25) is 0 Å². The molecule has 0 spiro atoms. The van der Waals surface area contributed by atoms with Crippen LogP contribution in [0.2, 0.25) is 0 Å². The number of rotatable bonds is 3. The number of nitriles is 1. The molecule has 2 fully saturated rings. The standard InChI is InChI=1S/C15H22N6/c16-11-13-18-14(17-12-7-3-1-4-8-12)20-15(19-13)21-9-5-2-6-10-21/h12H,1-10H2,(H,17,18,19,20). The van der Waals surface area contributed by atoms with E-state index >= 15 is 0 Å². The summed E-state index contributed by atoms with van der Waals surface area (Å²) in [5.74, 6) is 1.43. The first-order chi connectivity index (χ1) is 10.3. The molecule has 21 heavy (non-hydrogen) atoms. The van der Waals surface area contributed by atoms with Gasteiger partial charge < -0.3 is 10.2 Å². The summed E-state index contributed by atoms with van der Waals surface area (Å²) in [4.78, 5) is 15.2. The molecule has 0 unspecified atom stereocenters. The summed E-state index contributed by atoms with van der Waals surface area (Å²) in [6.07, 6.45) is 9.74. The van der Waals surface area contributed by atoms with Gasteiger partial charge in [-0.1, -0.05) is 19.3 Å². The van der Waals surface area contributed by atoms with E-state index in [0.717, 1.165) is 25.9 Å². The second-order valence-electron chi connectivity index (χ2n) is 5.92. The van der Waals surface area contributed by atoms with Crippen molar-refractivity contribution in [2.45, 2.75) is 57.4 Å². The maximum atomic E-state index is 9.14. The molecule has 0 radical (unpaired) electrons. The molecule has 1 aliphatic heterocycles. The minimum absolute atomic E-state index is 0.212. The first-order valence-electron chi connectivity index (χ1n) is 8.03. The lowest BCUT2D eigenvalue weighted by Crippen LogP contribution is -2.32. The topological polar surface area (TPSA) is 77.7 Å². The van der Waals surface area contributed by atoms with Crippen LogP contribution in [0.15, 0.2) is 0 Å². The molecular weight excluding hydrogens is 264 g/mol. The van der Waals surface area contributed by atoms with Crippen LogP contribution in [-0.2, 0) is 0 Å². The number of nitrogens with one attached hydrogen (secondary N) is 1. The van der Waals surface area contributed by atoms with Crippen molar-refractivity contribution in [1.29, 1.82) is 5.26 Å². The number of nitrogens with zero attached hydrogens (tertiary/aromatic N) is 5. The average molecular weight is 286 g/mol. The predicted octanol–water partition coefficient (Wildman–Crippen LogP) is 2.48. The zero-order chi connectivity index (χ0) is 14.5. The van der Waals surface area contributed by atoms with Crippen molar-refractivity contribution in [1.82, 2.24) is 15.0 Å². The third-order valence-electron chi connectivity index (χ3n) is 4.30. The van der Waals surface area contributed by atoms with Gasteiger partial charge >= 0.3 is 0 Å². The third kappa shape index (κ3) is 3.60. The molecular formula is C15H22N6. The van der Waals surface area contributed by atoms with Gasteiger partial charge in [-0.25, -0.2) is 0 Å². The lowest BCUT2D eigenvalue weighted by Gasteiger charge is -2.27. The van der Waals surface area contributed by atoms with Crippen LogP contribution in [0.4, 0.5) is 11.9 Å². The van der Waals surface area contributed by atoms with Gasteiger partial charge in [0.05, 0.1) is 0 Å². The minimum atomic E-state index is 0.212. The van der Waals surface area contributed by atoms with Crippen LogP contribution in [0.1, 0.15) is 57.2 Å². The summed E-state index contributed by atoms with van der Waals surface area (Å²) in [5, 5.41) is 12.5. The molecule has 2 aliphatic rings. The highest BCUT2D eigenvalue weighted by Crippen LogP contribution is 2.22. The number of hydrogen-bond donors (Lipinski definition) is 1. The van der Waals surface area contributed by atoms with Crippen molar-refractivity contribution < 1.29 is 0 Å². The Balaban J connectivity index is 1.77. The quantitative estimate of drug-likeness (QED) is 0.919. The number of hydrogen-bond acceptors (Lipinski definition) is 6. The largest absolute Gasteiger partial charge is 0.351 e. The fourth-order valence-electron chi connectivity index (χ4n) is 3.14. The fourth-order valence-corrected chi connectivity index (χ4v) is 3.14. The van der Waals surface area contributed by atoms with Gasteiger partial charge in [-0.05, 0) is 32.1 Å². The Hall–Kier alpha value is -1.90. The maximum absolute atomic E-state index is 9.14. The summed E-state index contributed by atoms with van der Waals surface area (Å²) in [6, 6.07) is 2.49. The molecule has 1 aromatic rings. The Morgan fingerprint density at radius 3 is 2.38 bits per heavy atom. The van der Waals surface area contributed by atoms with Crippen LogP contribution in [0, 0.1) is 11.3 Å².